The second-order valence-electron chi connectivity index (χ2n) is 12.3. The number of nitrogens with one attached hydrogen (secondary N) is 2. The molecule has 4 N–H and O–H groups in total. The number of rotatable bonds is 13. The molecule has 44 heavy (non-hydrogen) atoms. The summed E-state index contributed by atoms with van der Waals surface area (Å²) in [7, 11) is 0. The summed E-state index contributed by atoms with van der Waals surface area (Å²) in [6.45, 7) is 11.4. The van der Waals surface area contributed by atoms with Gasteiger partial charge in [-0.1, -0.05) is 73.9 Å². The second-order valence-corrected chi connectivity index (χ2v) is 12.3. The van der Waals surface area contributed by atoms with Crippen molar-refractivity contribution in [1.29, 1.82) is 0 Å². The Hall–Kier alpha value is -4.40. The van der Waals surface area contributed by atoms with Crippen molar-refractivity contribution in [2.24, 2.45) is 5.73 Å². The number of nitrogens with two attached hydrogens (primary N) is 1. The molecular weight excluding hydrogens is 556 g/mol. The van der Waals surface area contributed by atoms with E-state index < -0.39 is 35.6 Å². The molecule has 0 spiro atoms. The van der Waals surface area contributed by atoms with Gasteiger partial charge in [0.2, 0.25) is 11.8 Å². The van der Waals surface area contributed by atoms with E-state index in [2.05, 4.69) is 17.6 Å². The molecule has 0 saturated carbocycles. The number of unbranched alkanes of at least 4 members (excludes halogenated alkanes) is 2. The molecule has 0 aliphatic rings. The molecule has 0 aliphatic heterocycles. The first-order chi connectivity index (χ1) is 20.8. The lowest BCUT2D eigenvalue weighted by Crippen LogP contribution is -2.53. The summed E-state index contributed by atoms with van der Waals surface area (Å²) >= 11 is 0. The Bertz CT molecular complexity index is 1480. The molecule has 0 aromatic heterocycles. The minimum atomic E-state index is -1.14. The molecular formula is C35H46N4O5. The fourth-order valence-corrected chi connectivity index (χ4v) is 5.15. The normalized spacial score (nSPS) is 12.7. The van der Waals surface area contributed by atoms with Gasteiger partial charge in [0.1, 0.15) is 17.7 Å². The van der Waals surface area contributed by atoms with Gasteiger partial charge in [0.05, 0.1) is 0 Å². The van der Waals surface area contributed by atoms with Crippen LogP contribution < -0.4 is 16.4 Å². The Morgan fingerprint density at radius 3 is 2.27 bits per heavy atom. The minimum Gasteiger partial charge on any atom is -0.444 e. The van der Waals surface area contributed by atoms with Gasteiger partial charge in [-0.15, -0.1) is 0 Å². The van der Waals surface area contributed by atoms with Crippen molar-refractivity contribution in [2.75, 3.05) is 11.9 Å². The molecule has 9 heteroatoms. The molecule has 0 radical (unpaired) electrons. The van der Waals surface area contributed by atoms with Crippen LogP contribution in [0.5, 0.6) is 0 Å². The first-order valence-electron chi connectivity index (χ1n) is 15.2. The van der Waals surface area contributed by atoms with Crippen LogP contribution in [0.25, 0.3) is 10.8 Å². The highest BCUT2D eigenvalue weighted by atomic mass is 16.6. The van der Waals surface area contributed by atoms with E-state index >= 15 is 0 Å². The Morgan fingerprint density at radius 1 is 0.932 bits per heavy atom. The topological polar surface area (TPSA) is 131 Å². The van der Waals surface area contributed by atoms with E-state index in [0.717, 1.165) is 34.7 Å². The molecule has 0 bridgehead atoms. The average Bonchev–Trinajstić information content (AvgIpc) is 2.94. The monoisotopic (exact) mass is 602 g/mol. The number of primary amides is 1. The number of ether oxygens (including phenoxy) is 1. The quantitative estimate of drug-likeness (QED) is 0.197. The summed E-state index contributed by atoms with van der Waals surface area (Å²) < 4.78 is 5.43. The summed E-state index contributed by atoms with van der Waals surface area (Å²) in [5, 5.41) is 7.70. The van der Waals surface area contributed by atoms with E-state index in [1.807, 2.05) is 74.5 Å². The number of hydrogen-bond acceptors (Lipinski definition) is 5. The Labute approximate surface area is 260 Å². The van der Waals surface area contributed by atoms with Crippen LogP contribution in [0.15, 0.2) is 60.7 Å². The molecule has 236 valence electrons. The van der Waals surface area contributed by atoms with Crippen molar-refractivity contribution in [1.82, 2.24) is 10.2 Å². The third-order valence-corrected chi connectivity index (χ3v) is 7.25. The first-order valence-corrected chi connectivity index (χ1v) is 15.2. The van der Waals surface area contributed by atoms with Crippen LogP contribution in [0.3, 0.4) is 0 Å². The van der Waals surface area contributed by atoms with Crippen molar-refractivity contribution in [2.45, 2.75) is 91.3 Å². The zero-order valence-electron chi connectivity index (χ0n) is 26.7. The third-order valence-electron chi connectivity index (χ3n) is 7.25. The standard InChI is InChI=1S/C35H46N4O5/c1-7-8-11-20-39(33(42)29(18-19-30(36)40)38-34(43)44-35(4,5)6)31(28-17-14-23(2)21-24(28)3)32(41)37-27-16-15-25-12-9-10-13-26(25)22-27/h9-10,12-17,21-22,29,31H,7-8,11,18-20H2,1-6H3,(H2,36,40)(H,37,41)(H,38,43). The van der Waals surface area contributed by atoms with Gasteiger partial charge in [0.15, 0.2) is 0 Å². The summed E-state index contributed by atoms with van der Waals surface area (Å²) in [6, 6.07) is 17.1. The number of aryl methyl sites for hydroxylation is 2. The Morgan fingerprint density at radius 2 is 1.64 bits per heavy atom. The van der Waals surface area contributed by atoms with Gasteiger partial charge in [-0.05, 0) is 81.5 Å². The van der Waals surface area contributed by atoms with E-state index in [1.54, 1.807) is 20.8 Å². The van der Waals surface area contributed by atoms with Crippen molar-refractivity contribution in [3.05, 3.63) is 77.4 Å². The lowest BCUT2D eigenvalue weighted by molar-refractivity contribution is -0.141. The molecule has 3 rings (SSSR count). The summed E-state index contributed by atoms with van der Waals surface area (Å²) in [6.07, 6.45) is 1.41. The lowest BCUT2D eigenvalue weighted by Gasteiger charge is -2.35. The highest BCUT2D eigenvalue weighted by Gasteiger charge is 2.37. The molecule has 0 saturated heterocycles. The fourth-order valence-electron chi connectivity index (χ4n) is 5.15. The SMILES string of the molecule is CCCCCN(C(=O)C(CCC(N)=O)NC(=O)OC(C)(C)C)C(C(=O)Nc1ccc2ccccc2c1)c1ccc(C)cc1C. The molecule has 3 aromatic rings. The number of alkyl carbamates (subject to hydrolysis) is 1. The van der Waals surface area contributed by atoms with Crippen LogP contribution in [0.4, 0.5) is 10.5 Å². The van der Waals surface area contributed by atoms with E-state index in [0.29, 0.717) is 17.7 Å². The van der Waals surface area contributed by atoms with Crippen LogP contribution in [-0.4, -0.2) is 46.9 Å². The zero-order valence-corrected chi connectivity index (χ0v) is 26.7. The maximum absolute atomic E-state index is 14.4. The third kappa shape index (κ3) is 9.82. The van der Waals surface area contributed by atoms with Crippen LogP contribution in [0.1, 0.15) is 82.5 Å². The van der Waals surface area contributed by atoms with Crippen molar-refractivity contribution < 1.29 is 23.9 Å². The molecule has 2 atom stereocenters. The van der Waals surface area contributed by atoms with Crippen molar-refractivity contribution in [3.8, 4) is 0 Å². The largest absolute Gasteiger partial charge is 0.444 e. The Kier molecular flexibility index (Phi) is 11.9. The van der Waals surface area contributed by atoms with Crippen LogP contribution >= 0.6 is 0 Å². The number of carbonyl (C=O) groups is 4. The predicted octanol–water partition coefficient (Wildman–Crippen LogP) is 6.31. The van der Waals surface area contributed by atoms with Gasteiger partial charge in [-0.2, -0.15) is 0 Å². The van der Waals surface area contributed by atoms with Gasteiger partial charge >= 0.3 is 6.09 Å². The number of carbonyl (C=O) groups excluding carboxylic acids is 4. The summed E-state index contributed by atoms with van der Waals surface area (Å²) in [5.74, 6) is -1.49. The number of benzene rings is 3. The molecule has 3 aromatic carbocycles. The van der Waals surface area contributed by atoms with Gasteiger partial charge in [-0.3, -0.25) is 14.4 Å². The number of hydrogen-bond donors (Lipinski definition) is 3. The number of anilines is 1. The summed E-state index contributed by atoms with van der Waals surface area (Å²) in [5.41, 5.74) is 7.78. The number of amides is 4. The summed E-state index contributed by atoms with van der Waals surface area (Å²) in [4.78, 5) is 54.8. The maximum Gasteiger partial charge on any atom is 0.408 e. The smallest absolute Gasteiger partial charge is 0.408 e. The fraction of sp³-hybridized carbons (Fsp3) is 0.429. The van der Waals surface area contributed by atoms with E-state index in [9.17, 15) is 19.2 Å². The molecule has 0 aliphatic carbocycles. The molecule has 9 nitrogen and oxygen atoms in total. The average molecular weight is 603 g/mol. The van der Waals surface area contributed by atoms with Gasteiger partial charge in [-0.25, -0.2) is 4.79 Å². The van der Waals surface area contributed by atoms with Crippen LogP contribution in [-0.2, 0) is 19.1 Å². The highest BCUT2D eigenvalue weighted by molar-refractivity contribution is 6.00. The van der Waals surface area contributed by atoms with Crippen LogP contribution in [0.2, 0.25) is 0 Å². The Balaban J connectivity index is 2.07. The second kappa shape index (κ2) is 15.4. The zero-order chi connectivity index (χ0) is 32.4. The number of fused-ring (bicyclic) bond motifs is 1. The highest BCUT2D eigenvalue weighted by Crippen LogP contribution is 2.29. The van der Waals surface area contributed by atoms with E-state index in [-0.39, 0.29) is 25.3 Å². The van der Waals surface area contributed by atoms with Gasteiger partial charge in [0, 0.05) is 18.7 Å². The van der Waals surface area contributed by atoms with Crippen molar-refractivity contribution >= 4 is 40.3 Å². The van der Waals surface area contributed by atoms with Gasteiger partial charge < -0.3 is 26.0 Å². The number of nitrogens with zero attached hydrogens (tertiary/aromatic N) is 1. The van der Waals surface area contributed by atoms with Crippen LogP contribution in [0, 0.1) is 13.8 Å². The minimum absolute atomic E-state index is 0.0381. The predicted molar refractivity (Wildman–Crippen MR) is 174 cm³/mol. The molecule has 0 fully saturated rings. The van der Waals surface area contributed by atoms with E-state index in [4.69, 9.17) is 10.5 Å². The molecule has 4 amide bonds. The van der Waals surface area contributed by atoms with E-state index in [1.165, 1.54) is 4.90 Å². The van der Waals surface area contributed by atoms with Crippen molar-refractivity contribution in [3.63, 3.8) is 0 Å². The molecule has 2 unspecified atom stereocenters. The lowest BCUT2D eigenvalue weighted by atomic mass is 9.95. The van der Waals surface area contributed by atoms with Gasteiger partial charge in [0.25, 0.3) is 5.91 Å². The maximum atomic E-state index is 14.4. The first kappa shape index (κ1) is 34.1. The molecule has 0 heterocycles.